The van der Waals surface area contributed by atoms with E-state index in [1.165, 1.54) is 24.0 Å². The number of hydrogen-bond donors (Lipinski definition) is 2. The first-order chi connectivity index (χ1) is 13.1. The number of benzene rings is 2. The lowest BCUT2D eigenvalue weighted by Crippen LogP contribution is -2.24. The minimum atomic E-state index is -0.277. The van der Waals surface area contributed by atoms with E-state index in [2.05, 4.69) is 20.6 Å². The molecule has 2 N–H and O–H groups in total. The first-order valence-corrected chi connectivity index (χ1v) is 8.75. The number of aryl methyl sites for hydroxylation is 1. The Hall–Kier alpha value is -3.28. The molecule has 0 saturated heterocycles. The van der Waals surface area contributed by atoms with Crippen molar-refractivity contribution in [3.05, 3.63) is 89.1 Å². The molecule has 0 fully saturated rings. The Bertz CT molecular complexity index is 895. The van der Waals surface area contributed by atoms with Gasteiger partial charge in [0.1, 0.15) is 17.3 Å². The van der Waals surface area contributed by atoms with Gasteiger partial charge in [-0.15, -0.1) is 0 Å². The molecule has 138 valence electrons. The number of rotatable bonds is 7. The van der Waals surface area contributed by atoms with E-state index in [1.54, 1.807) is 12.1 Å². The Morgan fingerprint density at radius 3 is 2.52 bits per heavy atom. The molecule has 2 aromatic carbocycles. The smallest absolute Gasteiger partial charge is 0.271 e. The Labute approximate surface area is 157 Å². The van der Waals surface area contributed by atoms with Gasteiger partial charge in [0.2, 0.25) is 0 Å². The molecule has 0 unspecified atom stereocenters. The number of halogens is 1. The molecule has 0 saturated carbocycles. The van der Waals surface area contributed by atoms with Crippen LogP contribution in [0, 0.1) is 12.7 Å². The van der Waals surface area contributed by atoms with Crippen molar-refractivity contribution < 1.29 is 9.18 Å². The molecule has 0 aliphatic heterocycles. The van der Waals surface area contributed by atoms with Gasteiger partial charge in [0.15, 0.2) is 0 Å². The van der Waals surface area contributed by atoms with Gasteiger partial charge in [-0.2, -0.15) is 0 Å². The summed E-state index contributed by atoms with van der Waals surface area (Å²) >= 11 is 0. The molecule has 1 heterocycles. The Morgan fingerprint density at radius 1 is 1.04 bits per heavy atom. The first kappa shape index (κ1) is 18.5. The fourth-order valence-corrected chi connectivity index (χ4v) is 2.54. The molecule has 6 heteroatoms. The predicted octanol–water partition coefficient (Wildman–Crippen LogP) is 3.51. The van der Waals surface area contributed by atoms with Crippen LogP contribution in [0.2, 0.25) is 0 Å². The van der Waals surface area contributed by atoms with Crippen LogP contribution in [-0.2, 0) is 13.0 Å². The van der Waals surface area contributed by atoms with Gasteiger partial charge in [0, 0.05) is 13.1 Å². The van der Waals surface area contributed by atoms with Gasteiger partial charge < -0.3 is 10.6 Å². The van der Waals surface area contributed by atoms with E-state index in [4.69, 9.17) is 0 Å². The van der Waals surface area contributed by atoms with Crippen LogP contribution in [0.3, 0.4) is 0 Å². The third-order valence-corrected chi connectivity index (χ3v) is 4.12. The van der Waals surface area contributed by atoms with E-state index in [-0.39, 0.29) is 17.4 Å². The van der Waals surface area contributed by atoms with Gasteiger partial charge in [-0.1, -0.05) is 48.0 Å². The summed E-state index contributed by atoms with van der Waals surface area (Å²) < 4.78 is 13.6. The fourth-order valence-electron chi connectivity index (χ4n) is 2.54. The Morgan fingerprint density at radius 2 is 1.81 bits per heavy atom. The van der Waals surface area contributed by atoms with Crippen molar-refractivity contribution >= 4 is 11.7 Å². The van der Waals surface area contributed by atoms with Crippen molar-refractivity contribution in [3.63, 3.8) is 0 Å². The second-order valence-electron chi connectivity index (χ2n) is 6.22. The van der Waals surface area contributed by atoms with Crippen molar-refractivity contribution in [2.24, 2.45) is 0 Å². The number of carbonyl (C=O) groups excluding carboxylic acids is 1. The van der Waals surface area contributed by atoms with E-state index in [0.29, 0.717) is 30.9 Å². The number of carbonyl (C=O) groups is 1. The van der Waals surface area contributed by atoms with Gasteiger partial charge in [-0.3, -0.25) is 4.79 Å². The van der Waals surface area contributed by atoms with Crippen LogP contribution >= 0.6 is 0 Å². The molecule has 1 aromatic heterocycles. The average molecular weight is 364 g/mol. The summed E-state index contributed by atoms with van der Waals surface area (Å²) in [5, 5.41) is 5.90. The van der Waals surface area contributed by atoms with Crippen LogP contribution in [0.5, 0.6) is 0 Å². The van der Waals surface area contributed by atoms with Crippen molar-refractivity contribution in [1.29, 1.82) is 0 Å². The van der Waals surface area contributed by atoms with Crippen LogP contribution in [0.25, 0.3) is 0 Å². The maximum absolute atomic E-state index is 13.6. The summed E-state index contributed by atoms with van der Waals surface area (Å²) in [6, 6.07) is 14.6. The molecule has 5 nitrogen and oxygen atoms in total. The average Bonchev–Trinajstić information content (AvgIpc) is 2.69. The summed E-state index contributed by atoms with van der Waals surface area (Å²) in [4.78, 5) is 20.5. The Kier molecular flexibility index (Phi) is 6.10. The van der Waals surface area contributed by atoms with Crippen molar-refractivity contribution in [3.8, 4) is 0 Å². The number of anilines is 1. The zero-order valence-electron chi connectivity index (χ0n) is 15.1. The largest absolute Gasteiger partial charge is 0.368 e. The lowest BCUT2D eigenvalue weighted by Gasteiger charge is -2.08. The highest BCUT2D eigenvalue weighted by atomic mass is 19.1. The molecule has 0 atom stereocenters. The molecule has 0 radical (unpaired) electrons. The molecule has 3 rings (SSSR count). The SMILES string of the molecule is Cc1ccc(CNC(=O)c2cnc(NCCc3ccccc3F)cn2)cc1. The molecule has 0 spiro atoms. The molecule has 3 aromatic rings. The summed E-state index contributed by atoms with van der Waals surface area (Å²) in [5.74, 6) is 0.0494. The highest BCUT2D eigenvalue weighted by Crippen LogP contribution is 2.08. The second-order valence-corrected chi connectivity index (χ2v) is 6.22. The van der Waals surface area contributed by atoms with Crippen LogP contribution < -0.4 is 10.6 Å². The van der Waals surface area contributed by atoms with Gasteiger partial charge in [-0.25, -0.2) is 14.4 Å². The van der Waals surface area contributed by atoms with Crippen molar-refractivity contribution in [1.82, 2.24) is 15.3 Å². The number of nitrogens with zero attached hydrogens (tertiary/aromatic N) is 2. The molecular weight excluding hydrogens is 343 g/mol. The van der Waals surface area contributed by atoms with E-state index >= 15 is 0 Å². The number of amides is 1. The number of nitrogens with one attached hydrogen (secondary N) is 2. The summed E-state index contributed by atoms with van der Waals surface area (Å²) in [6.07, 6.45) is 3.46. The molecular formula is C21H21FN4O. The lowest BCUT2D eigenvalue weighted by atomic mass is 10.1. The quantitative estimate of drug-likeness (QED) is 0.673. The third kappa shape index (κ3) is 5.34. The lowest BCUT2D eigenvalue weighted by molar-refractivity contribution is 0.0945. The van der Waals surface area contributed by atoms with Gasteiger partial charge in [0.05, 0.1) is 12.4 Å². The monoisotopic (exact) mass is 364 g/mol. The fraction of sp³-hybridized carbons (Fsp3) is 0.190. The van der Waals surface area contributed by atoms with Gasteiger partial charge in [-0.05, 0) is 30.5 Å². The van der Waals surface area contributed by atoms with E-state index < -0.39 is 0 Å². The second kappa shape index (κ2) is 8.89. The maximum atomic E-state index is 13.6. The normalized spacial score (nSPS) is 10.4. The van der Waals surface area contributed by atoms with E-state index in [0.717, 1.165) is 5.56 Å². The molecule has 0 bridgehead atoms. The van der Waals surface area contributed by atoms with Crippen molar-refractivity contribution in [2.75, 3.05) is 11.9 Å². The third-order valence-electron chi connectivity index (χ3n) is 4.12. The zero-order valence-corrected chi connectivity index (χ0v) is 15.1. The number of hydrogen-bond acceptors (Lipinski definition) is 4. The first-order valence-electron chi connectivity index (χ1n) is 8.75. The summed E-state index contributed by atoms with van der Waals surface area (Å²) in [7, 11) is 0. The summed E-state index contributed by atoms with van der Waals surface area (Å²) in [5.41, 5.74) is 3.09. The van der Waals surface area contributed by atoms with E-state index in [1.807, 2.05) is 37.3 Å². The van der Waals surface area contributed by atoms with Crippen LogP contribution in [-0.4, -0.2) is 22.4 Å². The standard InChI is InChI=1S/C21H21FN4O/c1-15-6-8-16(9-7-15)12-26-21(27)19-13-25-20(14-24-19)23-11-10-17-4-2-3-5-18(17)22/h2-9,13-14H,10-12H2,1H3,(H,23,25)(H,26,27). The van der Waals surface area contributed by atoms with Gasteiger partial charge >= 0.3 is 0 Å². The Balaban J connectivity index is 1.48. The van der Waals surface area contributed by atoms with Crippen LogP contribution in [0.1, 0.15) is 27.2 Å². The maximum Gasteiger partial charge on any atom is 0.271 e. The zero-order chi connectivity index (χ0) is 19.1. The van der Waals surface area contributed by atoms with Crippen LogP contribution in [0.15, 0.2) is 60.9 Å². The van der Waals surface area contributed by atoms with Crippen molar-refractivity contribution in [2.45, 2.75) is 19.9 Å². The number of aromatic nitrogens is 2. The predicted molar refractivity (Wildman–Crippen MR) is 103 cm³/mol. The molecule has 0 aliphatic rings. The highest BCUT2D eigenvalue weighted by Gasteiger charge is 2.08. The minimum Gasteiger partial charge on any atom is -0.368 e. The van der Waals surface area contributed by atoms with Gasteiger partial charge in [0.25, 0.3) is 5.91 Å². The van der Waals surface area contributed by atoms with Crippen LogP contribution in [0.4, 0.5) is 10.2 Å². The molecule has 0 aliphatic carbocycles. The molecule has 1 amide bonds. The van der Waals surface area contributed by atoms with E-state index in [9.17, 15) is 9.18 Å². The topological polar surface area (TPSA) is 66.9 Å². The summed E-state index contributed by atoms with van der Waals surface area (Å²) in [6.45, 7) is 2.97. The minimum absolute atomic E-state index is 0.217. The molecule has 27 heavy (non-hydrogen) atoms. The highest BCUT2D eigenvalue weighted by molar-refractivity contribution is 5.91.